The Labute approximate surface area is 123 Å². The number of benzene rings is 1. The number of hydrogen-bond donors (Lipinski definition) is 2. The van der Waals surface area contributed by atoms with Gasteiger partial charge in [0.2, 0.25) is 0 Å². The molecule has 1 heterocycles. The Kier molecular flexibility index (Phi) is 4.09. The highest BCUT2D eigenvalue weighted by molar-refractivity contribution is 6.33. The molecule has 1 aromatic carbocycles. The predicted molar refractivity (Wildman–Crippen MR) is 75.8 cm³/mol. The Morgan fingerprint density at radius 2 is 2.00 bits per heavy atom. The van der Waals surface area contributed by atoms with E-state index in [0.29, 0.717) is 16.1 Å². The van der Waals surface area contributed by atoms with Gasteiger partial charge >= 0.3 is 11.9 Å². The third-order valence-corrected chi connectivity index (χ3v) is 3.16. The Morgan fingerprint density at radius 3 is 2.62 bits per heavy atom. The second kappa shape index (κ2) is 5.80. The lowest BCUT2D eigenvalue weighted by atomic mass is 10.0. The van der Waals surface area contributed by atoms with Gasteiger partial charge in [-0.15, -0.1) is 0 Å². The van der Waals surface area contributed by atoms with Crippen LogP contribution in [0, 0.1) is 0 Å². The Morgan fingerprint density at radius 1 is 1.29 bits per heavy atom. The number of methoxy groups -OCH3 is 1. The topological polar surface area (TPSA) is 96.5 Å². The van der Waals surface area contributed by atoms with Crippen LogP contribution in [0.1, 0.15) is 20.7 Å². The maximum atomic E-state index is 11.5. The fourth-order valence-corrected chi connectivity index (χ4v) is 2.02. The van der Waals surface area contributed by atoms with E-state index in [0.717, 1.165) is 0 Å². The van der Waals surface area contributed by atoms with Crippen molar-refractivity contribution in [1.82, 2.24) is 4.98 Å². The number of H-pyrrole nitrogens is 1. The van der Waals surface area contributed by atoms with E-state index in [1.165, 1.54) is 37.6 Å². The zero-order valence-electron chi connectivity index (χ0n) is 10.8. The van der Waals surface area contributed by atoms with Gasteiger partial charge in [-0.25, -0.2) is 9.59 Å². The van der Waals surface area contributed by atoms with Crippen molar-refractivity contribution < 1.29 is 19.4 Å². The molecule has 2 N–H and O–H groups in total. The van der Waals surface area contributed by atoms with Gasteiger partial charge in [-0.3, -0.25) is 4.79 Å². The third-order valence-electron chi connectivity index (χ3n) is 2.83. The van der Waals surface area contributed by atoms with Crippen LogP contribution in [0.3, 0.4) is 0 Å². The molecule has 1 aromatic heterocycles. The highest BCUT2D eigenvalue weighted by Gasteiger charge is 2.14. The maximum Gasteiger partial charge on any atom is 0.341 e. The number of carboxylic acids is 1. The van der Waals surface area contributed by atoms with Crippen molar-refractivity contribution in [2.75, 3.05) is 7.11 Å². The Bertz CT molecular complexity index is 781. The number of carbonyl (C=O) groups is 2. The number of ether oxygens (including phenoxy) is 1. The number of halogens is 1. The summed E-state index contributed by atoms with van der Waals surface area (Å²) in [7, 11) is 1.25. The van der Waals surface area contributed by atoms with Crippen molar-refractivity contribution in [3.8, 4) is 11.1 Å². The molecule has 0 aliphatic rings. The van der Waals surface area contributed by atoms with Crippen molar-refractivity contribution in [2.45, 2.75) is 0 Å². The first-order valence-corrected chi connectivity index (χ1v) is 6.16. The Hall–Kier alpha value is -2.60. The van der Waals surface area contributed by atoms with Crippen molar-refractivity contribution in [2.24, 2.45) is 0 Å². The molecular formula is C14H10ClNO5. The van der Waals surface area contributed by atoms with Crippen molar-refractivity contribution in [3.05, 3.63) is 57.0 Å². The van der Waals surface area contributed by atoms with Crippen LogP contribution in [-0.2, 0) is 4.74 Å². The number of carbonyl (C=O) groups excluding carboxylic acids is 1. The molecule has 0 aliphatic heterocycles. The normalized spacial score (nSPS) is 10.2. The Balaban J connectivity index is 2.61. The first-order chi connectivity index (χ1) is 9.93. The number of aromatic carboxylic acids is 1. The number of carboxylic acid groups (broad SMARTS) is 1. The highest BCUT2D eigenvalue weighted by Crippen LogP contribution is 2.28. The fraction of sp³-hybridized carbons (Fsp3) is 0.0714. The molecule has 0 spiro atoms. The third kappa shape index (κ3) is 2.95. The van der Waals surface area contributed by atoms with Gasteiger partial charge in [0.05, 0.1) is 12.7 Å². The molecule has 0 atom stereocenters. The predicted octanol–water partition coefficient (Wildman–Crippen LogP) is 2.18. The summed E-state index contributed by atoms with van der Waals surface area (Å²) in [6.07, 6.45) is 1.33. The number of nitrogens with one attached hydrogen (secondary N) is 1. The smallest absolute Gasteiger partial charge is 0.341 e. The van der Waals surface area contributed by atoms with E-state index in [2.05, 4.69) is 9.72 Å². The molecule has 0 saturated heterocycles. The van der Waals surface area contributed by atoms with E-state index in [4.69, 9.17) is 16.7 Å². The molecule has 6 nitrogen and oxygen atoms in total. The number of esters is 1. The van der Waals surface area contributed by atoms with Crippen molar-refractivity contribution in [3.63, 3.8) is 0 Å². The lowest BCUT2D eigenvalue weighted by Gasteiger charge is -2.07. The van der Waals surface area contributed by atoms with E-state index < -0.39 is 23.1 Å². The lowest BCUT2D eigenvalue weighted by Crippen LogP contribution is -2.16. The number of pyridine rings is 1. The van der Waals surface area contributed by atoms with Crippen molar-refractivity contribution in [1.29, 1.82) is 0 Å². The molecule has 2 rings (SSSR count). The molecule has 0 bridgehead atoms. The zero-order chi connectivity index (χ0) is 15.6. The summed E-state index contributed by atoms with van der Waals surface area (Å²) >= 11 is 6.06. The molecule has 108 valence electrons. The number of hydrogen-bond acceptors (Lipinski definition) is 4. The average molecular weight is 308 g/mol. The standard InChI is InChI=1S/C14H10ClNO5/c1-21-14(20)7-2-3-11(15)9(4-7)8-5-10(13(18)19)12(17)16-6-8/h2-6H,1H3,(H,16,17)(H,18,19). The van der Waals surface area contributed by atoms with Crippen LogP contribution in [0.15, 0.2) is 35.3 Å². The fourth-order valence-electron chi connectivity index (χ4n) is 1.79. The minimum Gasteiger partial charge on any atom is -0.477 e. The maximum absolute atomic E-state index is 11.5. The van der Waals surface area contributed by atoms with Gasteiger partial charge < -0.3 is 14.8 Å². The van der Waals surface area contributed by atoms with Crippen LogP contribution in [-0.4, -0.2) is 29.1 Å². The zero-order valence-corrected chi connectivity index (χ0v) is 11.6. The van der Waals surface area contributed by atoms with Gasteiger partial charge in [0.15, 0.2) is 0 Å². The van der Waals surface area contributed by atoms with E-state index in [1.54, 1.807) is 0 Å². The lowest BCUT2D eigenvalue weighted by molar-refractivity contribution is 0.0599. The largest absolute Gasteiger partial charge is 0.477 e. The molecule has 7 heteroatoms. The quantitative estimate of drug-likeness (QED) is 0.847. The van der Waals surface area contributed by atoms with Crippen LogP contribution < -0.4 is 5.56 Å². The van der Waals surface area contributed by atoms with Gasteiger partial charge in [-0.1, -0.05) is 11.6 Å². The van der Waals surface area contributed by atoms with Crippen LogP contribution in [0.5, 0.6) is 0 Å². The molecule has 0 unspecified atom stereocenters. The second-order valence-electron chi connectivity index (χ2n) is 4.12. The first kappa shape index (κ1) is 14.8. The summed E-state index contributed by atoms with van der Waals surface area (Å²) in [5, 5.41) is 9.27. The molecule has 0 aliphatic carbocycles. The van der Waals surface area contributed by atoms with Crippen LogP contribution >= 0.6 is 11.6 Å². The molecule has 21 heavy (non-hydrogen) atoms. The van der Waals surface area contributed by atoms with Crippen LogP contribution in [0.4, 0.5) is 0 Å². The van der Waals surface area contributed by atoms with Crippen molar-refractivity contribution >= 4 is 23.5 Å². The molecule has 2 aromatic rings. The number of aromatic nitrogens is 1. The molecular weight excluding hydrogens is 298 g/mol. The second-order valence-corrected chi connectivity index (χ2v) is 4.53. The molecule has 0 amide bonds. The summed E-state index contributed by atoms with van der Waals surface area (Å²) in [6, 6.07) is 5.65. The highest BCUT2D eigenvalue weighted by atomic mass is 35.5. The monoisotopic (exact) mass is 307 g/mol. The first-order valence-electron chi connectivity index (χ1n) is 5.78. The summed E-state index contributed by atoms with van der Waals surface area (Å²) in [5.74, 6) is -1.89. The van der Waals surface area contributed by atoms with Gasteiger partial charge in [-0.05, 0) is 24.3 Å². The van der Waals surface area contributed by atoms with Crippen LogP contribution in [0.2, 0.25) is 5.02 Å². The summed E-state index contributed by atoms with van der Waals surface area (Å²) in [4.78, 5) is 36.2. The van der Waals surface area contributed by atoms with E-state index in [-0.39, 0.29) is 5.56 Å². The number of rotatable bonds is 3. The van der Waals surface area contributed by atoms with E-state index in [9.17, 15) is 14.4 Å². The van der Waals surface area contributed by atoms with E-state index in [1.807, 2.05) is 0 Å². The minimum atomic E-state index is -1.35. The average Bonchev–Trinajstić information content (AvgIpc) is 2.47. The minimum absolute atomic E-state index is 0.264. The summed E-state index contributed by atoms with van der Waals surface area (Å²) in [5.41, 5.74) is -0.0698. The molecule has 0 saturated carbocycles. The van der Waals surface area contributed by atoms with Gasteiger partial charge in [0, 0.05) is 22.3 Å². The summed E-state index contributed by atoms with van der Waals surface area (Å²) in [6.45, 7) is 0. The number of aromatic amines is 1. The SMILES string of the molecule is COC(=O)c1ccc(Cl)c(-c2c[nH]c(=O)c(C(=O)O)c2)c1. The van der Waals surface area contributed by atoms with Gasteiger partial charge in [-0.2, -0.15) is 0 Å². The van der Waals surface area contributed by atoms with Gasteiger partial charge in [0.1, 0.15) is 5.56 Å². The molecule has 0 fully saturated rings. The van der Waals surface area contributed by atoms with Gasteiger partial charge in [0.25, 0.3) is 5.56 Å². The molecule has 0 radical (unpaired) electrons. The van der Waals surface area contributed by atoms with E-state index >= 15 is 0 Å². The van der Waals surface area contributed by atoms with Crippen LogP contribution in [0.25, 0.3) is 11.1 Å². The summed E-state index contributed by atoms with van der Waals surface area (Å²) < 4.78 is 4.61.